The standard InChI is InChI=1S/C15H17N5O6/c1-24-13-8-9(6-3-2-4-25-6)19-20(12(8)17-15(16)18-13)14-11(23)10(22)7(5-21)26-14/h2-4,7,10-11,14,21-23H,5H2,1H3,(H2,16,17,18)/t7-,10?,11+,14-/m1/s1. The van der Waals surface area contributed by atoms with Crippen LogP contribution in [0.1, 0.15) is 6.23 Å². The van der Waals surface area contributed by atoms with Crippen molar-refractivity contribution in [3.8, 4) is 17.3 Å². The summed E-state index contributed by atoms with van der Waals surface area (Å²) in [5, 5.41) is 34.5. The predicted molar refractivity (Wildman–Crippen MR) is 87.0 cm³/mol. The van der Waals surface area contributed by atoms with Gasteiger partial charge in [0.2, 0.25) is 11.8 Å². The summed E-state index contributed by atoms with van der Waals surface area (Å²) in [7, 11) is 1.43. The minimum atomic E-state index is -1.33. The summed E-state index contributed by atoms with van der Waals surface area (Å²) in [6.07, 6.45) is -3.17. The summed E-state index contributed by atoms with van der Waals surface area (Å²) in [6, 6.07) is 3.39. The highest BCUT2D eigenvalue weighted by atomic mass is 16.6. The molecule has 1 unspecified atom stereocenters. The Labute approximate surface area is 146 Å². The average molecular weight is 363 g/mol. The van der Waals surface area contributed by atoms with Crippen molar-refractivity contribution in [3.63, 3.8) is 0 Å². The van der Waals surface area contributed by atoms with Gasteiger partial charge >= 0.3 is 0 Å². The van der Waals surface area contributed by atoms with Gasteiger partial charge in [-0.25, -0.2) is 4.68 Å². The molecule has 11 nitrogen and oxygen atoms in total. The van der Waals surface area contributed by atoms with Crippen molar-refractivity contribution in [2.45, 2.75) is 24.5 Å². The van der Waals surface area contributed by atoms with Crippen LogP contribution in [0, 0.1) is 0 Å². The van der Waals surface area contributed by atoms with E-state index in [-0.39, 0.29) is 17.5 Å². The first-order valence-corrected chi connectivity index (χ1v) is 7.81. The Morgan fingerprint density at radius 1 is 1.31 bits per heavy atom. The van der Waals surface area contributed by atoms with E-state index in [9.17, 15) is 15.3 Å². The van der Waals surface area contributed by atoms with Crippen LogP contribution in [0.2, 0.25) is 0 Å². The topological polar surface area (TPSA) is 162 Å². The number of aliphatic hydroxyl groups excluding tert-OH is 3. The lowest BCUT2D eigenvalue weighted by atomic mass is 10.1. The van der Waals surface area contributed by atoms with E-state index in [1.54, 1.807) is 12.1 Å². The normalized spacial score (nSPS) is 25.8. The monoisotopic (exact) mass is 363 g/mol. The Balaban J connectivity index is 1.95. The van der Waals surface area contributed by atoms with Gasteiger partial charge in [-0.3, -0.25) is 0 Å². The van der Waals surface area contributed by atoms with Gasteiger partial charge in [0.05, 0.1) is 20.0 Å². The van der Waals surface area contributed by atoms with Crippen LogP contribution < -0.4 is 10.5 Å². The van der Waals surface area contributed by atoms with Crippen LogP contribution in [0.5, 0.6) is 5.88 Å². The highest BCUT2D eigenvalue weighted by molar-refractivity contribution is 5.94. The summed E-state index contributed by atoms with van der Waals surface area (Å²) < 4.78 is 17.5. The van der Waals surface area contributed by atoms with Crippen molar-refractivity contribution >= 4 is 17.0 Å². The van der Waals surface area contributed by atoms with Crippen LogP contribution in [-0.4, -0.2) is 67.1 Å². The molecule has 0 radical (unpaired) electrons. The number of nitrogen functional groups attached to an aromatic ring is 1. The number of hydrogen-bond donors (Lipinski definition) is 4. The summed E-state index contributed by atoms with van der Waals surface area (Å²) >= 11 is 0. The van der Waals surface area contributed by atoms with Crippen LogP contribution in [0.15, 0.2) is 22.8 Å². The van der Waals surface area contributed by atoms with E-state index in [1.807, 2.05) is 0 Å². The van der Waals surface area contributed by atoms with E-state index in [0.717, 1.165) is 0 Å². The molecular weight excluding hydrogens is 346 g/mol. The van der Waals surface area contributed by atoms with E-state index in [0.29, 0.717) is 16.8 Å². The largest absolute Gasteiger partial charge is 0.480 e. The quantitative estimate of drug-likeness (QED) is 0.466. The molecule has 1 saturated heterocycles. The zero-order valence-electron chi connectivity index (χ0n) is 13.7. The third kappa shape index (κ3) is 2.41. The van der Waals surface area contributed by atoms with Gasteiger partial charge in [-0.15, -0.1) is 0 Å². The molecule has 1 aliphatic heterocycles. The fourth-order valence-electron chi connectivity index (χ4n) is 3.02. The minimum Gasteiger partial charge on any atom is -0.480 e. The van der Waals surface area contributed by atoms with Crippen LogP contribution in [0.4, 0.5) is 5.95 Å². The zero-order chi connectivity index (χ0) is 18.4. The minimum absolute atomic E-state index is 0.0618. The number of rotatable bonds is 4. The number of furan rings is 1. The van der Waals surface area contributed by atoms with E-state index < -0.39 is 31.1 Å². The Hall–Kier alpha value is -2.73. The molecule has 26 heavy (non-hydrogen) atoms. The highest BCUT2D eigenvalue weighted by Crippen LogP contribution is 2.38. The molecule has 4 atom stereocenters. The Kier molecular flexibility index (Phi) is 4.00. The molecule has 4 rings (SSSR count). The molecule has 5 N–H and O–H groups in total. The van der Waals surface area contributed by atoms with Crippen LogP contribution in [-0.2, 0) is 4.74 Å². The molecule has 1 fully saturated rings. The maximum absolute atomic E-state index is 10.3. The SMILES string of the molecule is COc1nc(N)nc2c1c(-c1ccco1)nn2[C@@H]1O[C@H](CO)C(O)[C@@H]1O. The van der Waals surface area contributed by atoms with Crippen LogP contribution >= 0.6 is 0 Å². The van der Waals surface area contributed by atoms with Gasteiger partial charge in [0, 0.05) is 0 Å². The number of anilines is 1. The van der Waals surface area contributed by atoms with E-state index in [4.69, 9.17) is 19.6 Å². The molecule has 0 saturated carbocycles. The molecule has 0 bridgehead atoms. The van der Waals surface area contributed by atoms with Crippen molar-refractivity contribution in [2.75, 3.05) is 19.5 Å². The highest BCUT2D eigenvalue weighted by Gasteiger charge is 2.45. The summed E-state index contributed by atoms with van der Waals surface area (Å²) in [4.78, 5) is 8.23. The van der Waals surface area contributed by atoms with Gasteiger partial charge in [-0.2, -0.15) is 15.1 Å². The lowest BCUT2D eigenvalue weighted by Crippen LogP contribution is -2.33. The third-order valence-electron chi connectivity index (χ3n) is 4.24. The fraction of sp³-hybridized carbons (Fsp3) is 0.400. The second-order valence-corrected chi connectivity index (χ2v) is 5.79. The second kappa shape index (κ2) is 6.21. The maximum atomic E-state index is 10.3. The van der Waals surface area contributed by atoms with Crippen molar-refractivity contribution < 1.29 is 29.2 Å². The van der Waals surface area contributed by atoms with Gasteiger partial charge in [-0.1, -0.05) is 0 Å². The molecule has 1 aliphatic rings. The summed E-state index contributed by atoms with van der Waals surface area (Å²) in [5.41, 5.74) is 6.34. The van der Waals surface area contributed by atoms with Crippen molar-refractivity contribution in [3.05, 3.63) is 18.4 Å². The van der Waals surface area contributed by atoms with E-state index >= 15 is 0 Å². The van der Waals surface area contributed by atoms with Crippen LogP contribution in [0.3, 0.4) is 0 Å². The number of ether oxygens (including phenoxy) is 2. The smallest absolute Gasteiger partial charge is 0.230 e. The van der Waals surface area contributed by atoms with Gasteiger partial charge in [0.1, 0.15) is 29.4 Å². The van der Waals surface area contributed by atoms with Crippen LogP contribution in [0.25, 0.3) is 22.5 Å². The van der Waals surface area contributed by atoms with Gasteiger partial charge in [0.25, 0.3) is 0 Å². The first-order chi connectivity index (χ1) is 12.5. The Morgan fingerprint density at radius 3 is 2.73 bits per heavy atom. The molecule has 3 aromatic heterocycles. The first-order valence-electron chi connectivity index (χ1n) is 7.81. The molecule has 0 amide bonds. The van der Waals surface area contributed by atoms with E-state index in [2.05, 4.69) is 15.1 Å². The van der Waals surface area contributed by atoms with E-state index in [1.165, 1.54) is 18.1 Å². The number of hydrogen-bond acceptors (Lipinski definition) is 10. The molecule has 138 valence electrons. The fourth-order valence-corrected chi connectivity index (χ4v) is 3.02. The molecule has 3 aromatic rings. The lowest BCUT2D eigenvalue weighted by Gasteiger charge is -2.15. The summed E-state index contributed by atoms with van der Waals surface area (Å²) in [6.45, 7) is -0.459. The van der Waals surface area contributed by atoms with Gasteiger partial charge < -0.3 is 34.9 Å². The van der Waals surface area contributed by atoms with Gasteiger partial charge in [0.15, 0.2) is 17.6 Å². The number of fused-ring (bicyclic) bond motifs is 1. The van der Waals surface area contributed by atoms with Crippen molar-refractivity contribution in [1.82, 2.24) is 19.7 Å². The average Bonchev–Trinajstić information content (AvgIpc) is 3.34. The molecular formula is C15H17N5O6. The Bertz CT molecular complexity index is 926. The first kappa shape index (κ1) is 16.7. The molecule has 4 heterocycles. The number of methoxy groups -OCH3 is 1. The van der Waals surface area contributed by atoms with Crippen molar-refractivity contribution in [1.29, 1.82) is 0 Å². The number of aliphatic hydroxyl groups is 3. The number of nitrogens with zero attached hydrogens (tertiary/aromatic N) is 4. The second-order valence-electron chi connectivity index (χ2n) is 5.79. The van der Waals surface area contributed by atoms with Crippen molar-refractivity contribution in [2.24, 2.45) is 0 Å². The molecule has 0 aliphatic carbocycles. The Morgan fingerprint density at radius 2 is 2.12 bits per heavy atom. The number of aromatic nitrogens is 4. The lowest BCUT2D eigenvalue weighted by molar-refractivity contribution is -0.0565. The third-order valence-corrected chi connectivity index (χ3v) is 4.24. The molecule has 11 heteroatoms. The van der Waals surface area contributed by atoms with Gasteiger partial charge in [-0.05, 0) is 12.1 Å². The predicted octanol–water partition coefficient (Wildman–Crippen LogP) is -0.711. The number of nitrogens with two attached hydrogens (primary N) is 1. The zero-order valence-corrected chi connectivity index (χ0v) is 13.7. The molecule has 0 spiro atoms. The maximum Gasteiger partial charge on any atom is 0.230 e. The summed E-state index contributed by atoms with van der Waals surface area (Å²) in [5.74, 6) is 0.539. The molecule has 0 aromatic carbocycles.